The lowest BCUT2D eigenvalue weighted by Gasteiger charge is -2.21. The number of nitrogens with one attached hydrogen (secondary N) is 3. The summed E-state index contributed by atoms with van der Waals surface area (Å²) in [5, 5.41) is 16.3. The third-order valence-electron chi connectivity index (χ3n) is 3.99. The van der Waals surface area contributed by atoms with Gasteiger partial charge in [-0.05, 0) is 30.5 Å². The zero-order valence-corrected chi connectivity index (χ0v) is 13.5. The van der Waals surface area contributed by atoms with Crippen molar-refractivity contribution in [3.05, 3.63) is 35.4 Å². The third kappa shape index (κ3) is 3.22. The second-order valence-corrected chi connectivity index (χ2v) is 6.14. The van der Waals surface area contributed by atoms with Crippen LogP contribution in [0.15, 0.2) is 24.3 Å². The quantitative estimate of drug-likeness (QED) is 0.587. The summed E-state index contributed by atoms with van der Waals surface area (Å²) in [5.41, 5.74) is -0.423. The van der Waals surface area contributed by atoms with Gasteiger partial charge in [0.05, 0.1) is 0 Å². The minimum Gasteiger partial charge on any atom is -0.480 e. The Kier molecular flexibility index (Phi) is 4.59. The molecule has 1 heterocycles. The average molecular weight is 333 g/mol. The summed E-state index contributed by atoms with van der Waals surface area (Å²) in [4.78, 5) is 46.5. The lowest BCUT2D eigenvalue weighted by molar-refractivity contribution is -0.140. The number of hydrogen-bond acceptors (Lipinski definition) is 4. The zero-order chi connectivity index (χ0) is 18.1. The normalized spacial score (nSPS) is 21.2. The van der Waals surface area contributed by atoms with Gasteiger partial charge in [0.15, 0.2) is 0 Å². The first-order valence-corrected chi connectivity index (χ1v) is 7.43. The second kappa shape index (κ2) is 6.31. The Morgan fingerprint density at radius 3 is 2.17 bits per heavy atom. The number of imide groups is 1. The van der Waals surface area contributed by atoms with Crippen LogP contribution in [-0.4, -0.2) is 35.0 Å². The van der Waals surface area contributed by atoms with Crippen LogP contribution in [0.2, 0.25) is 0 Å². The van der Waals surface area contributed by atoms with E-state index in [0.717, 1.165) is 0 Å². The van der Waals surface area contributed by atoms with Crippen molar-refractivity contribution < 1.29 is 24.3 Å². The molecule has 1 saturated heterocycles. The van der Waals surface area contributed by atoms with E-state index in [1.54, 1.807) is 32.9 Å². The summed E-state index contributed by atoms with van der Waals surface area (Å²) in [6, 6.07) is 4.48. The van der Waals surface area contributed by atoms with Crippen molar-refractivity contribution in [1.29, 1.82) is 0 Å². The number of rotatable bonds is 5. The van der Waals surface area contributed by atoms with Crippen LogP contribution in [0.3, 0.4) is 0 Å². The van der Waals surface area contributed by atoms with Crippen molar-refractivity contribution in [2.75, 3.05) is 0 Å². The maximum atomic E-state index is 12.2. The highest BCUT2D eigenvalue weighted by Crippen LogP contribution is 2.24. The molecule has 1 aromatic rings. The molecule has 0 aromatic heterocycles. The SMILES string of the molecule is CC(C)C(NC(=O)c1ccc(C2(C)NC(=O)NC2=O)cc1)C(=O)O. The van der Waals surface area contributed by atoms with Crippen LogP contribution in [0.25, 0.3) is 0 Å². The minimum absolute atomic E-state index is 0.262. The lowest BCUT2D eigenvalue weighted by atomic mass is 9.91. The molecular formula is C16H19N3O5. The Hall–Kier alpha value is -2.90. The molecule has 24 heavy (non-hydrogen) atoms. The van der Waals surface area contributed by atoms with Crippen molar-refractivity contribution in [3.8, 4) is 0 Å². The first-order chi connectivity index (χ1) is 11.1. The second-order valence-electron chi connectivity index (χ2n) is 6.14. The number of aliphatic carboxylic acids is 1. The van der Waals surface area contributed by atoms with E-state index >= 15 is 0 Å². The molecule has 128 valence electrons. The molecule has 1 aromatic carbocycles. The summed E-state index contributed by atoms with van der Waals surface area (Å²) in [6.45, 7) is 4.95. The van der Waals surface area contributed by atoms with Crippen LogP contribution >= 0.6 is 0 Å². The van der Waals surface area contributed by atoms with E-state index in [1.807, 2.05) is 0 Å². The van der Waals surface area contributed by atoms with E-state index in [0.29, 0.717) is 5.56 Å². The van der Waals surface area contributed by atoms with Crippen LogP contribution in [0.1, 0.15) is 36.7 Å². The fraction of sp³-hybridized carbons (Fsp3) is 0.375. The van der Waals surface area contributed by atoms with Crippen molar-refractivity contribution in [2.24, 2.45) is 5.92 Å². The topological polar surface area (TPSA) is 125 Å². The zero-order valence-electron chi connectivity index (χ0n) is 13.5. The maximum Gasteiger partial charge on any atom is 0.326 e. The molecule has 0 bridgehead atoms. The highest BCUT2D eigenvalue weighted by atomic mass is 16.4. The van der Waals surface area contributed by atoms with Crippen LogP contribution in [-0.2, 0) is 15.1 Å². The third-order valence-corrected chi connectivity index (χ3v) is 3.99. The number of carbonyl (C=O) groups excluding carboxylic acids is 3. The predicted octanol–water partition coefficient (Wildman–Crippen LogP) is 0.580. The van der Waals surface area contributed by atoms with Gasteiger partial charge in [-0.25, -0.2) is 9.59 Å². The molecular weight excluding hydrogens is 314 g/mol. The number of urea groups is 1. The van der Waals surface area contributed by atoms with Gasteiger partial charge in [-0.3, -0.25) is 14.9 Å². The van der Waals surface area contributed by atoms with Gasteiger partial charge in [0.25, 0.3) is 11.8 Å². The minimum atomic E-state index is -1.20. The molecule has 0 aliphatic carbocycles. The molecule has 1 fully saturated rings. The van der Waals surface area contributed by atoms with E-state index in [2.05, 4.69) is 16.0 Å². The van der Waals surface area contributed by atoms with Crippen LogP contribution in [0.4, 0.5) is 4.79 Å². The number of carbonyl (C=O) groups is 4. The molecule has 2 atom stereocenters. The fourth-order valence-corrected chi connectivity index (χ4v) is 2.44. The Morgan fingerprint density at radius 1 is 1.17 bits per heavy atom. The summed E-state index contributed by atoms with van der Waals surface area (Å²) in [5.74, 6) is -2.36. The van der Waals surface area contributed by atoms with E-state index in [-0.39, 0.29) is 11.5 Å². The lowest BCUT2D eigenvalue weighted by Crippen LogP contribution is -2.44. The summed E-state index contributed by atoms with van der Waals surface area (Å²) in [6.07, 6.45) is 0. The molecule has 0 saturated carbocycles. The van der Waals surface area contributed by atoms with Gasteiger partial charge < -0.3 is 15.7 Å². The number of amides is 4. The van der Waals surface area contributed by atoms with Gasteiger partial charge in [-0.2, -0.15) is 0 Å². The summed E-state index contributed by atoms with van der Waals surface area (Å²) >= 11 is 0. The van der Waals surface area contributed by atoms with Crippen LogP contribution in [0, 0.1) is 5.92 Å². The largest absolute Gasteiger partial charge is 0.480 e. The molecule has 8 heteroatoms. The van der Waals surface area contributed by atoms with Gasteiger partial charge >= 0.3 is 12.0 Å². The summed E-state index contributed by atoms with van der Waals surface area (Å²) < 4.78 is 0. The van der Waals surface area contributed by atoms with Crippen LogP contribution < -0.4 is 16.0 Å². The number of benzene rings is 1. The highest BCUT2D eigenvalue weighted by Gasteiger charge is 2.43. The first kappa shape index (κ1) is 17.5. The Bertz CT molecular complexity index is 698. The molecule has 4 N–H and O–H groups in total. The molecule has 2 unspecified atom stereocenters. The van der Waals surface area contributed by atoms with Gasteiger partial charge in [-0.15, -0.1) is 0 Å². The van der Waals surface area contributed by atoms with Gasteiger partial charge in [0.1, 0.15) is 11.6 Å². The molecule has 2 rings (SSSR count). The monoisotopic (exact) mass is 333 g/mol. The van der Waals surface area contributed by atoms with Crippen molar-refractivity contribution >= 4 is 23.8 Å². The van der Waals surface area contributed by atoms with Crippen LogP contribution in [0.5, 0.6) is 0 Å². The van der Waals surface area contributed by atoms with Crippen molar-refractivity contribution in [3.63, 3.8) is 0 Å². The Balaban J connectivity index is 2.17. The smallest absolute Gasteiger partial charge is 0.326 e. The number of carboxylic acid groups (broad SMARTS) is 1. The molecule has 4 amide bonds. The molecule has 0 radical (unpaired) electrons. The van der Waals surface area contributed by atoms with E-state index in [4.69, 9.17) is 5.11 Å². The highest BCUT2D eigenvalue weighted by molar-refractivity contribution is 6.07. The molecule has 1 aliphatic rings. The summed E-state index contributed by atoms with van der Waals surface area (Å²) in [7, 11) is 0. The van der Waals surface area contributed by atoms with E-state index in [1.165, 1.54) is 12.1 Å². The first-order valence-electron chi connectivity index (χ1n) is 7.43. The Labute approximate surface area is 138 Å². The fourth-order valence-electron chi connectivity index (χ4n) is 2.44. The molecule has 1 aliphatic heterocycles. The Morgan fingerprint density at radius 2 is 1.75 bits per heavy atom. The average Bonchev–Trinajstić information content (AvgIpc) is 2.77. The van der Waals surface area contributed by atoms with Gasteiger partial charge in [0, 0.05) is 5.56 Å². The van der Waals surface area contributed by atoms with Gasteiger partial charge in [-0.1, -0.05) is 26.0 Å². The standard InChI is InChI=1S/C16H19N3O5/c1-8(2)11(13(21)22)17-12(20)9-4-6-10(7-5-9)16(3)14(23)18-15(24)19-16/h4-8,11H,1-3H3,(H,17,20)(H,21,22)(H2,18,19,23,24). The maximum absolute atomic E-state index is 12.2. The van der Waals surface area contributed by atoms with E-state index in [9.17, 15) is 19.2 Å². The van der Waals surface area contributed by atoms with Gasteiger partial charge in [0.2, 0.25) is 0 Å². The number of hydrogen-bond donors (Lipinski definition) is 4. The van der Waals surface area contributed by atoms with Crippen molar-refractivity contribution in [2.45, 2.75) is 32.4 Å². The predicted molar refractivity (Wildman–Crippen MR) is 84.2 cm³/mol. The van der Waals surface area contributed by atoms with E-state index < -0.39 is 35.4 Å². The molecule has 8 nitrogen and oxygen atoms in total. The molecule has 0 spiro atoms. The van der Waals surface area contributed by atoms with Crippen molar-refractivity contribution in [1.82, 2.24) is 16.0 Å². The number of carboxylic acids is 1.